The van der Waals surface area contributed by atoms with Crippen LogP contribution in [0.1, 0.15) is 10.4 Å². The van der Waals surface area contributed by atoms with Gasteiger partial charge in [-0.05, 0) is 40.2 Å². The van der Waals surface area contributed by atoms with Crippen molar-refractivity contribution in [2.45, 2.75) is 0 Å². The van der Waals surface area contributed by atoms with Gasteiger partial charge in [0.05, 0.1) is 28.0 Å². The number of fused-ring (bicyclic) bond motifs is 1. The fraction of sp³-hybridized carbons (Fsp3) is 0. The highest BCUT2D eigenvalue weighted by molar-refractivity contribution is 9.10. The van der Waals surface area contributed by atoms with Crippen LogP contribution in [0.15, 0.2) is 35.1 Å². The van der Waals surface area contributed by atoms with Crippen LogP contribution < -0.4 is 5.32 Å². The number of pyridine rings is 1. The van der Waals surface area contributed by atoms with E-state index in [0.717, 1.165) is 11.7 Å². The van der Waals surface area contributed by atoms with E-state index in [-0.39, 0.29) is 5.91 Å². The monoisotopic (exact) mass is 368 g/mol. The number of halogens is 2. The summed E-state index contributed by atoms with van der Waals surface area (Å²) in [6.07, 6.45) is 1.60. The summed E-state index contributed by atoms with van der Waals surface area (Å²) < 4.78 is 8.74. The van der Waals surface area contributed by atoms with Crippen LogP contribution in [-0.4, -0.2) is 19.6 Å². The van der Waals surface area contributed by atoms with Crippen molar-refractivity contribution in [3.63, 3.8) is 0 Å². The molecule has 3 rings (SSSR count). The predicted molar refractivity (Wildman–Crippen MR) is 82.3 cm³/mol. The van der Waals surface area contributed by atoms with Gasteiger partial charge in [-0.2, -0.15) is 8.75 Å². The maximum atomic E-state index is 12.3. The zero-order valence-electron chi connectivity index (χ0n) is 9.80. The van der Waals surface area contributed by atoms with Crippen LogP contribution in [0.4, 0.5) is 5.69 Å². The molecule has 0 spiro atoms. The molecule has 1 amide bonds. The van der Waals surface area contributed by atoms with E-state index in [1.54, 1.807) is 30.5 Å². The molecule has 100 valence electrons. The highest BCUT2D eigenvalue weighted by Crippen LogP contribution is 2.30. The number of hydrogen-bond donors (Lipinski definition) is 1. The van der Waals surface area contributed by atoms with Gasteiger partial charge in [-0.3, -0.25) is 4.79 Å². The fourth-order valence-corrected chi connectivity index (χ4v) is 2.85. The van der Waals surface area contributed by atoms with Crippen molar-refractivity contribution in [2.24, 2.45) is 0 Å². The molecule has 0 unspecified atom stereocenters. The van der Waals surface area contributed by atoms with Gasteiger partial charge >= 0.3 is 0 Å². The summed E-state index contributed by atoms with van der Waals surface area (Å²) >= 11 is 10.4. The number of nitrogens with zero attached hydrogens (tertiary/aromatic N) is 3. The molecule has 2 aromatic heterocycles. The lowest BCUT2D eigenvalue weighted by atomic mass is 10.2. The first-order valence-corrected chi connectivity index (χ1v) is 7.39. The van der Waals surface area contributed by atoms with E-state index < -0.39 is 0 Å². The number of carbonyl (C=O) groups excluding carboxylic acids is 1. The van der Waals surface area contributed by atoms with Crippen molar-refractivity contribution >= 4 is 61.9 Å². The van der Waals surface area contributed by atoms with E-state index in [2.05, 4.69) is 35.0 Å². The second-order valence-electron chi connectivity index (χ2n) is 3.85. The zero-order chi connectivity index (χ0) is 14.1. The lowest BCUT2D eigenvalue weighted by molar-refractivity contribution is 0.102. The van der Waals surface area contributed by atoms with Crippen LogP contribution in [0.25, 0.3) is 11.0 Å². The Morgan fingerprint density at radius 2 is 2.15 bits per heavy atom. The second kappa shape index (κ2) is 5.43. The minimum atomic E-state index is -0.313. The lowest BCUT2D eigenvalue weighted by Crippen LogP contribution is -2.13. The first-order valence-electron chi connectivity index (χ1n) is 5.49. The maximum absolute atomic E-state index is 12.3. The molecule has 8 heteroatoms. The van der Waals surface area contributed by atoms with Gasteiger partial charge in [-0.1, -0.05) is 11.6 Å². The van der Waals surface area contributed by atoms with Crippen LogP contribution in [0.3, 0.4) is 0 Å². The molecule has 20 heavy (non-hydrogen) atoms. The summed E-state index contributed by atoms with van der Waals surface area (Å²) in [5, 5.41) is 3.18. The van der Waals surface area contributed by atoms with Gasteiger partial charge in [0.2, 0.25) is 0 Å². The number of amides is 1. The van der Waals surface area contributed by atoms with Gasteiger partial charge in [0, 0.05) is 6.20 Å². The number of benzene rings is 1. The Hall–Kier alpha value is -1.57. The molecule has 0 aliphatic heterocycles. The normalized spacial score (nSPS) is 10.7. The SMILES string of the molecule is O=C(Nc1c(Cl)ccc2nsnc12)c1cccnc1Br. The number of aromatic nitrogens is 3. The number of rotatable bonds is 2. The molecule has 0 saturated carbocycles. The lowest BCUT2D eigenvalue weighted by Gasteiger charge is -2.08. The van der Waals surface area contributed by atoms with Crippen LogP contribution >= 0.6 is 39.3 Å². The molecular weight excluding hydrogens is 364 g/mol. The molecule has 1 aromatic carbocycles. The number of carbonyl (C=O) groups is 1. The molecule has 0 bridgehead atoms. The Balaban J connectivity index is 2.01. The van der Waals surface area contributed by atoms with Gasteiger partial charge in [-0.15, -0.1) is 0 Å². The zero-order valence-corrected chi connectivity index (χ0v) is 13.0. The van der Waals surface area contributed by atoms with Crippen molar-refractivity contribution in [3.05, 3.63) is 45.7 Å². The van der Waals surface area contributed by atoms with Gasteiger partial charge in [-0.25, -0.2) is 4.98 Å². The van der Waals surface area contributed by atoms with Gasteiger partial charge in [0.1, 0.15) is 15.6 Å². The van der Waals surface area contributed by atoms with E-state index in [9.17, 15) is 4.79 Å². The van der Waals surface area contributed by atoms with Crippen molar-refractivity contribution < 1.29 is 4.79 Å². The Bertz CT molecular complexity index is 807. The molecule has 0 fully saturated rings. The number of hydrogen-bond acceptors (Lipinski definition) is 5. The molecular formula is C12H6BrClN4OS. The third-order valence-electron chi connectivity index (χ3n) is 2.62. The molecule has 0 aliphatic rings. The number of nitrogens with one attached hydrogen (secondary N) is 1. The van der Waals surface area contributed by atoms with Crippen LogP contribution in [-0.2, 0) is 0 Å². The third-order valence-corrected chi connectivity index (χ3v) is 4.11. The molecule has 0 aliphatic carbocycles. The van der Waals surface area contributed by atoms with Crippen LogP contribution in [0, 0.1) is 0 Å². The minimum Gasteiger partial charge on any atom is -0.319 e. The number of anilines is 1. The Morgan fingerprint density at radius 1 is 1.30 bits per heavy atom. The van der Waals surface area contributed by atoms with Crippen molar-refractivity contribution in [3.8, 4) is 0 Å². The summed E-state index contributed by atoms with van der Waals surface area (Å²) in [5.74, 6) is -0.313. The van der Waals surface area contributed by atoms with E-state index in [0.29, 0.717) is 31.9 Å². The summed E-state index contributed by atoms with van der Waals surface area (Å²) in [5.41, 5.74) is 2.15. The Kier molecular flexibility index (Phi) is 3.64. The average molecular weight is 370 g/mol. The first-order chi connectivity index (χ1) is 9.66. The Labute approximate surface area is 131 Å². The molecule has 0 radical (unpaired) electrons. The van der Waals surface area contributed by atoms with Crippen LogP contribution in [0.2, 0.25) is 5.02 Å². The molecule has 3 aromatic rings. The van der Waals surface area contributed by atoms with E-state index in [1.807, 2.05) is 0 Å². The van der Waals surface area contributed by atoms with E-state index in [1.165, 1.54) is 0 Å². The average Bonchev–Trinajstić information content (AvgIpc) is 2.91. The van der Waals surface area contributed by atoms with Crippen molar-refractivity contribution in [1.82, 2.24) is 13.7 Å². The maximum Gasteiger partial charge on any atom is 0.258 e. The van der Waals surface area contributed by atoms with E-state index in [4.69, 9.17) is 11.6 Å². The fourth-order valence-electron chi connectivity index (χ4n) is 1.68. The summed E-state index contributed by atoms with van der Waals surface area (Å²) in [6.45, 7) is 0. The topological polar surface area (TPSA) is 67.8 Å². The largest absolute Gasteiger partial charge is 0.319 e. The van der Waals surface area contributed by atoms with E-state index >= 15 is 0 Å². The Morgan fingerprint density at radius 3 is 2.95 bits per heavy atom. The predicted octanol–water partition coefficient (Wildman–Crippen LogP) is 3.75. The molecule has 2 heterocycles. The second-order valence-corrected chi connectivity index (χ2v) is 5.54. The highest BCUT2D eigenvalue weighted by Gasteiger charge is 2.16. The van der Waals surface area contributed by atoms with Crippen LogP contribution in [0.5, 0.6) is 0 Å². The van der Waals surface area contributed by atoms with Gasteiger partial charge in [0.15, 0.2) is 0 Å². The standard InChI is InChI=1S/C12H6BrClN4OS/c13-11-6(2-1-5-15-11)12(19)16-9-7(14)3-4-8-10(9)18-20-17-8/h1-5H,(H,16,19). The molecule has 1 N–H and O–H groups in total. The van der Waals surface area contributed by atoms with Crippen molar-refractivity contribution in [1.29, 1.82) is 0 Å². The summed E-state index contributed by atoms with van der Waals surface area (Å²) in [4.78, 5) is 16.3. The van der Waals surface area contributed by atoms with Gasteiger partial charge in [0.25, 0.3) is 5.91 Å². The summed E-state index contributed by atoms with van der Waals surface area (Å²) in [7, 11) is 0. The third kappa shape index (κ3) is 2.39. The van der Waals surface area contributed by atoms with Gasteiger partial charge < -0.3 is 5.32 Å². The molecule has 5 nitrogen and oxygen atoms in total. The molecule has 0 atom stereocenters. The summed E-state index contributed by atoms with van der Waals surface area (Å²) in [6, 6.07) is 6.79. The molecule has 0 saturated heterocycles. The first kappa shape index (κ1) is 13.4. The quantitative estimate of drug-likeness (QED) is 0.699. The van der Waals surface area contributed by atoms with Crippen molar-refractivity contribution in [2.75, 3.05) is 5.32 Å². The highest BCUT2D eigenvalue weighted by atomic mass is 79.9. The minimum absolute atomic E-state index is 0.313. The smallest absolute Gasteiger partial charge is 0.258 e.